The quantitative estimate of drug-likeness (QED) is 0.462. The van der Waals surface area contributed by atoms with Crippen LogP contribution in [0.15, 0.2) is 33.9 Å². The highest BCUT2D eigenvalue weighted by Gasteiger charge is 2.40. The molecule has 12 heteroatoms. The first-order chi connectivity index (χ1) is 17.1. The number of benzene rings is 1. The normalized spacial score (nSPS) is 16.5. The summed E-state index contributed by atoms with van der Waals surface area (Å²) in [6.07, 6.45) is -2.93. The summed E-state index contributed by atoms with van der Waals surface area (Å²) in [5.41, 5.74) is -0.0531. The van der Waals surface area contributed by atoms with Gasteiger partial charge in [0.05, 0.1) is 17.5 Å². The maximum atomic E-state index is 14.2. The molecule has 0 saturated heterocycles. The van der Waals surface area contributed by atoms with E-state index in [9.17, 15) is 32.3 Å². The van der Waals surface area contributed by atoms with Gasteiger partial charge in [-0.05, 0) is 55.9 Å². The number of nitrogens with zero attached hydrogens (tertiary/aromatic N) is 4. The van der Waals surface area contributed by atoms with Gasteiger partial charge in [0, 0.05) is 19.7 Å². The topological polar surface area (TPSA) is 82.0 Å². The van der Waals surface area contributed by atoms with Gasteiger partial charge < -0.3 is 9.67 Å². The first-order valence-corrected chi connectivity index (χ1v) is 12.0. The van der Waals surface area contributed by atoms with Crippen LogP contribution >= 0.6 is 11.6 Å². The van der Waals surface area contributed by atoms with Gasteiger partial charge in [0.15, 0.2) is 11.2 Å². The molecule has 0 bridgehead atoms. The fourth-order valence-corrected chi connectivity index (χ4v) is 4.67. The lowest BCUT2D eigenvalue weighted by Gasteiger charge is -2.24. The van der Waals surface area contributed by atoms with Gasteiger partial charge in [-0.3, -0.25) is 13.9 Å². The first kappa shape index (κ1) is 26.2. The summed E-state index contributed by atoms with van der Waals surface area (Å²) in [6, 6.07) is 4.17. The van der Waals surface area contributed by atoms with E-state index in [2.05, 4.69) is 4.98 Å². The lowest BCUT2D eigenvalue weighted by molar-refractivity contribution is -0.175. The fourth-order valence-electron chi connectivity index (χ4n) is 4.56. The Bertz CT molecular complexity index is 1440. The maximum Gasteiger partial charge on any atom is 0.392 e. The molecule has 2 heterocycles. The van der Waals surface area contributed by atoms with Crippen LogP contribution in [-0.2, 0) is 19.6 Å². The Morgan fingerprint density at radius 1 is 1.19 bits per heavy atom. The summed E-state index contributed by atoms with van der Waals surface area (Å²) < 4.78 is 57.7. The van der Waals surface area contributed by atoms with Crippen molar-refractivity contribution in [2.45, 2.75) is 58.4 Å². The van der Waals surface area contributed by atoms with Gasteiger partial charge in [0.2, 0.25) is 0 Å². The molecule has 3 aromatic rings. The number of hydrogen-bond acceptors (Lipinski definition) is 4. The molecule has 7 nitrogen and oxygen atoms in total. The van der Waals surface area contributed by atoms with Crippen LogP contribution in [0.4, 0.5) is 17.6 Å². The molecule has 0 fully saturated rings. The molecule has 0 spiro atoms. The molecule has 1 aliphatic rings. The van der Waals surface area contributed by atoms with E-state index in [0.29, 0.717) is 11.1 Å². The van der Waals surface area contributed by atoms with Crippen LogP contribution in [0.25, 0.3) is 16.7 Å². The summed E-state index contributed by atoms with van der Waals surface area (Å²) in [5, 5.41) is 9.15. The second kappa shape index (κ2) is 10.2. The summed E-state index contributed by atoms with van der Waals surface area (Å²) >= 11 is 5.81. The fraction of sp³-hybridized carbons (Fsp3) is 0.458. The van der Waals surface area contributed by atoms with E-state index in [1.165, 1.54) is 27.3 Å². The Hall–Kier alpha value is -2.92. The van der Waals surface area contributed by atoms with E-state index in [-0.39, 0.29) is 73.9 Å². The monoisotopic (exact) mass is 528 g/mol. The summed E-state index contributed by atoms with van der Waals surface area (Å²) in [7, 11) is 0. The Balaban J connectivity index is 1.95. The smallest absolute Gasteiger partial charge is 0.392 e. The van der Waals surface area contributed by atoms with Gasteiger partial charge in [0.1, 0.15) is 11.6 Å². The summed E-state index contributed by atoms with van der Waals surface area (Å²) in [5.74, 6) is -1.86. The van der Waals surface area contributed by atoms with E-state index in [1.54, 1.807) is 13.0 Å². The van der Waals surface area contributed by atoms with E-state index in [4.69, 9.17) is 11.6 Å². The molecule has 0 radical (unpaired) electrons. The number of alkyl halides is 3. The minimum absolute atomic E-state index is 0.0167. The number of aliphatic hydroxyl groups is 1. The van der Waals surface area contributed by atoms with Crippen molar-refractivity contribution in [3.8, 4) is 0 Å². The molecule has 0 aliphatic heterocycles. The second-order valence-corrected chi connectivity index (χ2v) is 9.15. The van der Waals surface area contributed by atoms with Gasteiger partial charge in [-0.25, -0.2) is 14.2 Å². The van der Waals surface area contributed by atoms with Crippen molar-refractivity contribution in [3.05, 3.63) is 67.3 Å². The highest BCUT2D eigenvalue weighted by atomic mass is 35.5. The Labute approximate surface area is 208 Å². The Morgan fingerprint density at radius 2 is 1.94 bits per heavy atom. The zero-order valence-electron chi connectivity index (χ0n) is 19.5. The van der Waals surface area contributed by atoms with Crippen molar-refractivity contribution >= 4 is 28.3 Å². The molecule has 1 aromatic carbocycles. The largest absolute Gasteiger partial charge is 0.396 e. The third-order valence-electron chi connectivity index (χ3n) is 6.46. The van der Waals surface area contributed by atoms with Crippen molar-refractivity contribution in [2.24, 2.45) is 5.92 Å². The molecular weight excluding hydrogens is 504 g/mol. The number of halogens is 5. The van der Waals surface area contributed by atoms with Crippen LogP contribution in [0.5, 0.6) is 0 Å². The van der Waals surface area contributed by atoms with E-state index < -0.39 is 29.2 Å². The molecule has 1 aliphatic carbocycles. The zero-order chi connectivity index (χ0) is 26.2. The summed E-state index contributed by atoms with van der Waals surface area (Å²) in [6.45, 7) is 1.64. The molecule has 36 heavy (non-hydrogen) atoms. The highest BCUT2D eigenvalue weighted by Crippen LogP contribution is 2.39. The lowest BCUT2D eigenvalue weighted by atomic mass is 9.89. The van der Waals surface area contributed by atoms with Crippen LogP contribution in [0, 0.1) is 11.7 Å². The number of hydrogen-bond donors (Lipinski definition) is 1. The van der Waals surface area contributed by atoms with Crippen molar-refractivity contribution in [2.75, 3.05) is 6.61 Å². The number of imidazole rings is 1. The van der Waals surface area contributed by atoms with Crippen LogP contribution in [-0.4, -0.2) is 36.6 Å². The molecule has 2 aromatic heterocycles. The van der Waals surface area contributed by atoms with Gasteiger partial charge in [-0.1, -0.05) is 23.7 Å². The standard InChI is InChI=1S/C24H25ClF4N4O3/c1-2-31-21-19(22(35)32(23(31)36)10-3-11-34)33(13-14-4-9-17(25)18(26)12-14)20(30-21)15-5-7-16(8-6-15)24(27,28)29/h4-5,9,12,16,34H,2-3,6-8,10-11,13H2,1H3. The number of allylic oxidation sites excluding steroid dienone is 2. The van der Waals surface area contributed by atoms with Crippen molar-refractivity contribution < 1.29 is 22.7 Å². The average molecular weight is 529 g/mol. The molecule has 0 amide bonds. The first-order valence-electron chi connectivity index (χ1n) is 11.6. The number of rotatable bonds is 7. The van der Waals surface area contributed by atoms with Crippen LogP contribution in [0.1, 0.15) is 44.0 Å². The maximum absolute atomic E-state index is 14.2. The minimum atomic E-state index is -4.31. The third-order valence-corrected chi connectivity index (χ3v) is 6.76. The van der Waals surface area contributed by atoms with E-state index in [0.717, 1.165) is 4.57 Å². The predicted molar refractivity (Wildman–Crippen MR) is 128 cm³/mol. The zero-order valence-corrected chi connectivity index (χ0v) is 20.2. The second-order valence-electron chi connectivity index (χ2n) is 8.75. The summed E-state index contributed by atoms with van der Waals surface area (Å²) in [4.78, 5) is 31.1. The number of aliphatic hydroxyl groups excluding tert-OH is 1. The van der Waals surface area contributed by atoms with Crippen molar-refractivity contribution in [1.82, 2.24) is 18.7 Å². The molecule has 1 atom stereocenters. The average Bonchev–Trinajstić information content (AvgIpc) is 3.20. The van der Waals surface area contributed by atoms with Gasteiger partial charge >= 0.3 is 11.9 Å². The SMILES string of the molecule is CCn1c(=O)n(CCCO)c(=O)c2c1nc(C1=CCC(C(F)(F)F)CC1)n2Cc1ccc(Cl)c(F)c1. The molecule has 1 N–H and O–H groups in total. The number of fused-ring (bicyclic) bond motifs is 1. The van der Waals surface area contributed by atoms with Crippen molar-refractivity contribution in [3.63, 3.8) is 0 Å². The van der Waals surface area contributed by atoms with Crippen LogP contribution in [0.3, 0.4) is 0 Å². The Kier molecular flexibility index (Phi) is 7.42. The number of aryl methyl sites for hydroxylation is 1. The number of aromatic nitrogens is 4. The molecule has 4 rings (SSSR count). The molecule has 194 valence electrons. The van der Waals surface area contributed by atoms with Crippen LogP contribution in [0.2, 0.25) is 5.02 Å². The van der Waals surface area contributed by atoms with Crippen LogP contribution < -0.4 is 11.2 Å². The van der Waals surface area contributed by atoms with Gasteiger partial charge in [-0.15, -0.1) is 0 Å². The lowest BCUT2D eigenvalue weighted by Crippen LogP contribution is -2.40. The molecule has 0 saturated carbocycles. The Morgan fingerprint density at radius 3 is 2.53 bits per heavy atom. The van der Waals surface area contributed by atoms with Gasteiger partial charge in [0.25, 0.3) is 5.56 Å². The molecule has 1 unspecified atom stereocenters. The highest BCUT2D eigenvalue weighted by molar-refractivity contribution is 6.30. The minimum Gasteiger partial charge on any atom is -0.396 e. The van der Waals surface area contributed by atoms with Gasteiger partial charge in [-0.2, -0.15) is 13.2 Å². The third kappa shape index (κ3) is 4.86. The predicted octanol–water partition coefficient (Wildman–Crippen LogP) is 4.35. The van der Waals surface area contributed by atoms with E-state index >= 15 is 0 Å². The van der Waals surface area contributed by atoms with Crippen molar-refractivity contribution in [1.29, 1.82) is 0 Å². The molecular formula is C24H25ClF4N4O3. The van der Waals surface area contributed by atoms with E-state index in [1.807, 2.05) is 0 Å².